The van der Waals surface area contributed by atoms with Crippen LogP contribution in [0.2, 0.25) is 0 Å². The maximum absolute atomic E-state index is 13.0. The number of nitrogens with zero attached hydrogens (tertiary/aromatic N) is 2. The van der Waals surface area contributed by atoms with Crippen molar-refractivity contribution in [3.05, 3.63) is 35.6 Å². The minimum absolute atomic E-state index is 0.155. The van der Waals surface area contributed by atoms with Gasteiger partial charge in [0.05, 0.1) is 12.8 Å². The van der Waals surface area contributed by atoms with Gasteiger partial charge in [-0.05, 0) is 12.1 Å². The van der Waals surface area contributed by atoms with Crippen molar-refractivity contribution in [1.82, 2.24) is 9.21 Å². The van der Waals surface area contributed by atoms with E-state index in [0.29, 0.717) is 31.7 Å². The number of hydrogen-bond donors (Lipinski definition) is 0. The normalized spacial score (nSPS) is 18.1. The number of halogens is 1. The average Bonchev–Trinajstić information content (AvgIpc) is 2.38. The summed E-state index contributed by atoms with van der Waals surface area (Å²) in [6.07, 6.45) is 1.18. The van der Waals surface area contributed by atoms with Crippen LogP contribution in [0.3, 0.4) is 0 Å². The topological polar surface area (TPSA) is 57.7 Å². The standard InChI is InChI=1S/C13H17FN2O3S/c1-20(18,19)16-7-5-15(6-8-16)10-13(17)11-3-2-4-12(14)9-11/h2-4,9H,5-8,10H2,1H3. The molecule has 0 unspecified atom stereocenters. The van der Waals surface area contributed by atoms with Crippen LogP contribution in [0.4, 0.5) is 4.39 Å². The molecule has 110 valence electrons. The second-order valence-electron chi connectivity index (χ2n) is 4.87. The summed E-state index contributed by atoms with van der Waals surface area (Å²) < 4.78 is 37.2. The Labute approximate surface area is 118 Å². The number of rotatable bonds is 4. The number of Topliss-reactive ketones (excluding diaryl/α,β-unsaturated/α-hetero) is 1. The zero-order valence-electron chi connectivity index (χ0n) is 11.3. The van der Waals surface area contributed by atoms with Crippen LogP contribution in [-0.4, -0.2) is 62.4 Å². The SMILES string of the molecule is CS(=O)(=O)N1CCN(CC(=O)c2cccc(F)c2)CC1. The fourth-order valence-electron chi connectivity index (χ4n) is 2.18. The van der Waals surface area contributed by atoms with Gasteiger partial charge in [0, 0.05) is 31.7 Å². The van der Waals surface area contributed by atoms with Crippen LogP contribution >= 0.6 is 0 Å². The Morgan fingerprint density at radius 3 is 2.45 bits per heavy atom. The zero-order valence-corrected chi connectivity index (χ0v) is 12.1. The third kappa shape index (κ3) is 3.84. The Morgan fingerprint density at radius 2 is 1.90 bits per heavy atom. The Bertz CT molecular complexity index is 595. The molecule has 1 aromatic carbocycles. The molecule has 0 N–H and O–H groups in total. The number of benzene rings is 1. The first-order valence-electron chi connectivity index (χ1n) is 6.32. The molecule has 5 nitrogen and oxygen atoms in total. The summed E-state index contributed by atoms with van der Waals surface area (Å²) in [6, 6.07) is 5.60. The van der Waals surface area contributed by atoms with Gasteiger partial charge >= 0.3 is 0 Å². The van der Waals surface area contributed by atoms with Crippen molar-refractivity contribution in [2.45, 2.75) is 0 Å². The van der Waals surface area contributed by atoms with Gasteiger partial charge in [0.1, 0.15) is 5.82 Å². The molecule has 0 radical (unpaired) electrons. The molecule has 1 aromatic rings. The third-order valence-corrected chi connectivity index (χ3v) is 4.62. The molecule has 0 bridgehead atoms. The molecule has 0 aromatic heterocycles. The number of carbonyl (C=O) groups is 1. The van der Waals surface area contributed by atoms with Crippen LogP contribution in [0.1, 0.15) is 10.4 Å². The second kappa shape index (κ2) is 5.99. The molecule has 0 aliphatic carbocycles. The van der Waals surface area contributed by atoms with Crippen molar-refractivity contribution in [3.63, 3.8) is 0 Å². The van der Waals surface area contributed by atoms with E-state index in [2.05, 4.69) is 0 Å². The quantitative estimate of drug-likeness (QED) is 0.764. The lowest BCUT2D eigenvalue weighted by molar-refractivity contribution is 0.0901. The zero-order chi connectivity index (χ0) is 14.8. The molecular formula is C13H17FN2O3S. The maximum atomic E-state index is 13.0. The smallest absolute Gasteiger partial charge is 0.211 e. The summed E-state index contributed by atoms with van der Waals surface area (Å²) in [6.45, 7) is 1.97. The molecule has 1 aliphatic rings. The first-order valence-corrected chi connectivity index (χ1v) is 8.17. The molecule has 0 spiro atoms. The largest absolute Gasteiger partial charge is 0.293 e. The Morgan fingerprint density at radius 1 is 1.25 bits per heavy atom. The Kier molecular flexibility index (Phi) is 4.52. The van der Waals surface area contributed by atoms with Gasteiger partial charge in [0.25, 0.3) is 0 Å². The molecule has 0 atom stereocenters. The van der Waals surface area contributed by atoms with Gasteiger partial charge in [0.15, 0.2) is 5.78 Å². The van der Waals surface area contributed by atoms with Crippen molar-refractivity contribution in [3.8, 4) is 0 Å². The van der Waals surface area contributed by atoms with Crippen molar-refractivity contribution in [2.75, 3.05) is 39.0 Å². The number of ketones is 1. The van der Waals surface area contributed by atoms with E-state index in [4.69, 9.17) is 0 Å². The molecule has 0 amide bonds. The minimum Gasteiger partial charge on any atom is -0.293 e. The van der Waals surface area contributed by atoms with E-state index in [1.54, 1.807) is 6.07 Å². The van der Waals surface area contributed by atoms with Crippen LogP contribution in [0.25, 0.3) is 0 Å². The lowest BCUT2D eigenvalue weighted by Crippen LogP contribution is -2.49. The molecule has 20 heavy (non-hydrogen) atoms. The molecule has 7 heteroatoms. The molecule has 2 rings (SSSR count). The van der Waals surface area contributed by atoms with E-state index in [9.17, 15) is 17.6 Å². The van der Waals surface area contributed by atoms with Gasteiger partial charge in [0.2, 0.25) is 10.0 Å². The second-order valence-corrected chi connectivity index (χ2v) is 6.85. The summed E-state index contributed by atoms with van der Waals surface area (Å²) in [5.41, 5.74) is 0.343. The van der Waals surface area contributed by atoms with Crippen LogP contribution in [0.5, 0.6) is 0 Å². The molecule has 0 saturated carbocycles. The van der Waals surface area contributed by atoms with E-state index < -0.39 is 15.8 Å². The van der Waals surface area contributed by atoms with E-state index in [0.717, 1.165) is 0 Å². The molecule has 1 fully saturated rings. The highest BCUT2D eigenvalue weighted by Crippen LogP contribution is 2.09. The highest BCUT2D eigenvalue weighted by molar-refractivity contribution is 7.88. The highest BCUT2D eigenvalue weighted by atomic mass is 32.2. The summed E-state index contributed by atoms with van der Waals surface area (Å²) in [5, 5.41) is 0. The van der Waals surface area contributed by atoms with Crippen molar-refractivity contribution >= 4 is 15.8 Å². The maximum Gasteiger partial charge on any atom is 0.211 e. The first kappa shape index (κ1) is 15.1. The Hall–Kier alpha value is -1.31. The molecule has 1 saturated heterocycles. The number of piperazine rings is 1. The lowest BCUT2D eigenvalue weighted by atomic mass is 10.1. The predicted molar refractivity (Wildman–Crippen MR) is 73.6 cm³/mol. The fourth-order valence-corrected chi connectivity index (χ4v) is 3.00. The fraction of sp³-hybridized carbons (Fsp3) is 0.462. The van der Waals surface area contributed by atoms with E-state index in [-0.39, 0.29) is 12.3 Å². The van der Waals surface area contributed by atoms with Crippen LogP contribution in [0.15, 0.2) is 24.3 Å². The van der Waals surface area contributed by atoms with Crippen LogP contribution in [0, 0.1) is 5.82 Å². The molecule has 1 aliphatic heterocycles. The number of hydrogen-bond acceptors (Lipinski definition) is 4. The van der Waals surface area contributed by atoms with Crippen molar-refractivity contribution in [2.24, 2.45) is 0 Å². The average molecular weight is 300 g/mol. The van der Waals surface area contributed by atoms with Gasteiger partial charge in [-0.25, -0.2) is 12.8 Å². The van der Waals surface area contributed by atoms with Crippen LogP contribution < -0.4 is 0 Å². The number of carbonyl (C=O) groups excluding carboxylic acids is 1. The lowest BCUT2D eigenvalue weighted by Gasteiger charge is -2.32. The third-order valence-electron chi connectivity index (χ3n) is 3.31. The molecular weight excluding hydrogens is 283 g/mol. The molecule has 1 heterocycles. The van der Waals surface area contributed by atoms with Gasteiger partial charge in [-0.3, -0.25) is 9.69 Å². The minimum atomic E-state index is -3.16. The van der Waals surface area contributed by atoms with Gasteiger partial charge < -0.3 is 0 Å². The highest BCUT2D eigenvalue weighted by Gasteiger charge is 2.24. The Balaban J connectivity index is 1.91. The summed E-state index contributed by atoms with van der Waals surface area (Å²) >= 11 is 0. The first-order chi connectivity index (χ1) is 9.36. The van der Waals surface area contributed by atoms with E-state index >= 15 is 0 Å². The van der Waals surface area contributed by atoms with E-state index in [1.165, 1.54) is 28.8 Å². The number of sulfonamides is 1. The van der Waals surface area contributed by atoms with Gasteiger partial charge in [-0.15, -0.1) is 0 Å². The van der Waals surface area contributed by atoms with Crippen LogP contribution in [-0.2, 0) is 10.0 Å². The van der Waals surface area contributed by atoms with Gasteiger partial charge in [-0.1, -0.05) is 12.1 Å². The summed E-state index contributed by atoms with van der Waals surface area (Å²) in [7, 11) is -3.16. The monoisotopic (exact) mass is 300 g/mol. The van der Waals surface area contributed by atoms with Crippen molar-refractivity contribution in [1.29, 1.82) is 0 Å². The van der Waals surface area contributed by atoms with Crippen molar-refractivity contribution < 1.29 is 17.6 Å². The van der Waals surface area contributed by atoms with Gasteiger partial charge in [-0.2, -0.15) is 4.31 Å². The summed E-state index contributed by atoms with van der Waals surface area (Å²) in [5.74, 6) is -0.588. The van der Waals surface area contributed by atoms with E-state index in [1.807, 2.05) is 4.90 Å². The predicted octanol–water partition coefficient (Wildman–Crippen LogP) is 0.586. The summed E-state index contributed by atoms with van der Waals surface area (Å²) in [4.78, 5) is 13.9.